The lowest BCUT2D eigenvalue weighted by Gasteiger charge is -1.96. The van der Waals surface area contributed by atoms with Crippen LogP contribution in [0.15, 0.2) is 24.3 Å². The van der Waals surface area contributed by atoms with E-state index in [1.54, 1.807) is 18.2 Å². The number of carbonyl (C=O) groups excluding carboxylic acids is 1. The fourth-order valence-corrected chi connectivity index (χ4v) is 0.814. The van der Waals surface area contributed by atoms with E-state index in [4.69, 9.17) is 5.73 Å². The van der Waals surface area contributed by atoms with E-state index in [2.05, 4.69) is 0 Å². The Bertz CT molecular complexity index is 271. The quantitative estimate of drug-likeness (QED) is 0.663. The van der Waals surface area contributed by atoms with Crippen molar-refractivity contribution in [3.05, 3.63) is 35.4 Å². The van der Waals surface area contributed by atoms with Gasteiger partial charge in [-0.2, -0.15) is 0 Å². The first-order valence-corrected chi connectivity index (χ1v) is 3.21. The van der Waals surface area contributed by atoms with Crippen LogP contribution in [0.5, 0.6) is 0 Å². The van der Waals surface area contributed by atoms with Gasteiger partial charge in [-0.3, -0.25) is 4.79 Å². The average molecular weight is 150 g/mol. The molecule has 1 amide bonds. The number of rotatable bonds is 2. The first-order valence-electron chi connectivity index (χ1n) is 3.21. The third kappa shape index (κ3) is 1.78. The highest BCUT2D eigenvalue weighted by Crippen LogP contribution is 2.03. The molecule has 0 heterocycles. The van der Waals surface area contributed by atoms with Gasteiger partial charge >= 0.3 is 0 Å². The first kappa shape index (κ1) is 7.75. The average Bonchev–Trinajstić information content (AvgIpc) is 2.05. The van der Waals surface area contributed by atoms with Crippen molar-refractivity contribution in [1.29, 1.82) is 0 Å². The highest BCUT2D eigenvalue weighted by atomic mass is 16.3. The molecule has 1 aromatic carbocycles. The number of nitrogens with two attached hydrogens (primary N) is 1. The van der Waals surface area contributed by atoms with Crippen LogP contribution in [0.1, 0.15) is 15.9 Å². The Morgan fingerprint density at radius 3 is 2.73 bits per heavy atom. The molecule has 0 unspecified atom stereocenters. The number of hydrogen-bond donors (Lipinski definition) is 1. The summed E-state index contributed by atoms with van der Waals surface area (Å²) in [5.74, 6) is -0.500. The SMILES string of the molecule is NC(=O)c1cccc(C[O])c1. The van der Waals surface area contributed by atoms with E-state index >= 15 is 0 Å². The van der Waals surface area contributed by atoms with Gasteiger partial charge in [-0.1, -0.05) is 12.1 Å². The molecule has 57 valence electrons. The number of benzene rings is 1. The first-order chi connectivity index (χ1) is 5.24. The zero-order valence-electron chi connectivity index (χ0n) is 5.91. The molecule has 0 spiro atoms. The predicted molar refractivity (Wildman–Crippen MR) is 39.4 cm³/mol. The fraction of sp³-hybridized carbons (Fsp3) is 0.125. The summed E-state index contributed by atoms with van der Waals surface area (Å²) in [4.78, 5) is 10.6. The minimum atomic E-state index is -0.500. The van der Waals surface area contributed by atoms with Crippen LogP contribution in [0.2, 0.25) is 0 Å². The molecule has 0 atom stereocenters. The molecule has 2 N–H and O–H groups in total. The summed E-state index contributed by atoms with van der Waals surface area (Å²) in [6.45, 7) is -0.318. The third-order valence-electron chi connectivity index (χ3n) is 1.38. The number of amides is 1. The Morgan fingerprint density at radius 2 is 2.18 bits per heavy atom. The van der Waals surface area contributed by atoms with Crippen LogP contribution < -0.4 is 5.73 Å². The smallest absolute Gasteiger partial charge is 0.248 e. The maximum atomic E-state index is 10.6. The van der Waals surface area contributed by atoms with Crippen LogP contribution in [-0.4, -0.2) is 5.91 Å². The minimum absolute atomic E-state index is 0.318. The molecule has 1 aromatic rings. The molecule has 0 aliphatic heterocycles. The Kier molecular flexibility index (Phi) is 2.23. The van der Waals surface area contributed by atoms with Gasteiger partial charge in [0.2, 0.25) is 5.91 Å². The van der Waals surface area contributed by atoms with Crippen molar-refractivity contribution in [3.63, 3.8) is 0 Å². The normalized spacial score (nSPS) is 9.55. The van der Waals surface area contributed by atoms with Gasteiger partial charge in [-0.15, -0.1) is 0 Å². The summed E-state index contributed by atoms with van der Waals surface area (Å²) >= 11 is 0. The van der Waals surface area contributed by atoms with Crippen molar-refractivity contribution in [2.45, 2.75) is 6.61 Å². The standard InChI is InChI=1S/C8H8NO2/c9-8(11)7-3-1-2-6(4-7)5-10/h1-4H,5H2,(H2,9,11). The molecule has 1 rings (SSSR count). The third-order valence-corrected chi connectivity index (χ3v) is 1.38. The monoisotopic (exact) mass is 150 g/mol. The highest BCUT2D eigenvalue weighted by molar-refractivity contribution is 5.92. The molecule has 3 heteroatoms. The molecule has 0 aromatic heterocycles. The molecular weight excluding hydrogens is 142 g/mol. The fourth-order valence-electron chi connectivity index (χ4n) is 0.814. The lowest BCUT2D eigenvalue weighted by atomic mass is 10.1. The second kappa shape index (κ2) is 3.16. The van der Waals surface area contributed by atoms with Crippen molar-refractivity contribution >= 4 is 5.91 Å². The van der Waals surface area contributed by atoms with Gasteiger partial charge in [0.25, 0.3) is 0 Å². The maximum absolute atomic E-state index is 10.6. The number of hydrogen-bond acceptors (Lipinski definition) is 1. The number of primary amides is 1. The summed E-state index contributed by atoms with van der Waals surface area (Å²) in [7, 11) is 0. The van der Waals surface area contributed by atoms with Crippen molar-refractivity contribution < 1.29 is 9.90 Å². The summed E-state index contributed by atoms with van der Waals surface area (Å²) in [5, 5.41) is 10.4. The summed E-state index contributed by atoms with van der Waals surface area (Å²) in [6.07, 6.45) is 0. The van der Waals surface area contributed by atoms with Crippen LogP contribution in [0.3, 0.4) is 0 Å². The zero-order chi connectivity index (χ0) is 8.27. The Labute approximate surface area is 64.5 Å². The maximum Gasteiger partial charge on any atom is 0.248 e. The summed E-state index contributed by atoms with van der Waals surface area (Å²) in [5.41, 5.74) is 5.97. The summed E-state index contributed by atoms with van der Waals surface area (Å²) in [6, 6.07) is 6.41. The van der Waals surface area contributed by atoms with E-state index in [-0.39, 0.29) is 6.61 Å². The molecule has 0 fully saturated rings. The van der Waals surface area contributed by atoms with E-state index in [0.717, 1.165) is 0 Å². The van der Waals surface area contributed by atoms with E-state index < -0.39 is 5.91 Å². The Morgan fingerprint density at radius 1 is 1.45 bits per heavy atom. The largest absolute Gasteiger partial charge is 0.366 e. The number of carbonyl (C=O) groups is 1. The van der Waals surface area contributed by atoms with Crippen LogP contribution in [0.25, 0.3) is 0 Å². The second-order valence-corrected chi connectivity index (χ2v) is 2.21. The Balaban J connectivity index is 3.01. The minimum Gasteiger partial charge on any atom is -0.366 e. The Hall–Kier alpha value is -1.35. The van der Waals surface area contributed by atoms with E-state index in [0.29, 0.717) is 11.1 Å². The lowest BCUT2D eigenvalue weighted by molar-refractivity contribution is 0.1000. The molecule has 0 aliphatic rings. The van der Waals surface area contributed by atoms with Gasteiger partial charge in [0.15, 0.2) is 0 Å². The molecule has 0 aliphatic carbocycles. The van der Waals surface area contributed by atoms with Crippen LogP contribution in [0, 0.1) is 0 Å². The van der Waals surface area contributed by atoms with Gasteiger partial charge < -0.3 is 5.73 Å². The van der Waals surface area contributed by atoms with Gasteiger partial charge in [0.05, 0.1) is 0 Å². The predicted octanol–water partition coefficient (Wildman–Crippen LogP) is 0.716. The molecule has 3 nitrogen and oxygen atoms in total. The van der Waals surface area contributed by atoms with Crippen LogP contribution in [-0.2, 0) is 11.7 Å². The topological polar surface area (TPSA) is 63.0 Å². The van der Waals surface area contributed by atoms with Gasteiger partial charge in [-0.05, 0) is 17.7 Å². The molecule has 1 radical (unpaired) electrons. The molecule has 0 saturated heterocycles. The van der Waals surface area contributed by atoms with E-state index in [1.807, 2.05) is 0 Å². The van der Waals surface area contributed by atoms with Crippen LogP contribution >= 0.6 is 0 Å². The second-order valence-electron chi connectivity index (χ2n) is 2.21. The van der Waals surface area contributed by atoms with Crippen molar-refractivity contribution in [1.82, 2.24) is 0 Å². The summed E-state index contributed by atoms with van der Waals surface area (Å²) < 4.78 is 0. The van der Waals surface area contributed by atoms with Crippen molar-refractivity contribution in [2.75, 3.05) is 0 Å². The molecular formula is C8H8NO2. The van der Waals surface area contributed by atoms with E-state index in [9.17, 15) is 9.90 Å². The molecule has 0 bridgehead atoms. The van der Waals surface area contributed by atoms with Gasteiger partial charge in [0, 0.05) is 5.56 Å². The van der Waals surface area contributed by atoms with Gasteiger partial charge in [0.1, 0.15) is 6.61 Å². The van der Waals surface area contributed by atoms with E-state index in [1.165, 1.54) is 6.07 Å². The van der Waals surface area contributed by atoms with Crippen molar-refractivity contribution in [3.8, 4) is 0 Å². The van der Waals surface area contributed by atoms with Crippen LogP contribution in [0.4, 0.5) is 0 Å². The lowest BCUT2D eigenvalue weighted by Crippen LogP contribution is -2.10. The highest BCUT2D eigenvalue weighted by Gasteiger charge is 1.99. The van der Waals surface area contributed by atoms with Crippen molar-refractivity contribution in [2.24, 2.45) is 5.73 Å². The van der Waals surface area contributed by atoms with Gasteiger partial charge in [-0.25, -0.2) is 5.11 Å². The molecule has 11 heavy (non-hydrogen) atoms. The molecule has 0 saturated carbocycles. The zero-order valence-corrected chi connectivity index (χ0v) is 5.91.